The summed E-state index contributed by atoms with van der Waals surface area (Å²) in [5.74, 6) is -0.158. The Labute approximate surface area is 349 Å². The molecule has 59 heavy (non-hydrogen) atoms. The Morgan fingerprint density at radius 2 is 1.49 bits per heavy atom. The Kier molecular flexibility index (Phi) is 16.3. The summed E-state index contributed by atoms with van der Waals surface area (Å²) in [7, 11) is 0. The van der Waals surface area contributed by atoms with Crippen molar-refractivity contribution in [1.82, 2.24) is 29.1 Å². The first-order valence-electron chi connectivity index (χ1n) is 21.4. The molecule has 320 valence electrons. The molecule has 11 nitrogen and oxygen atoms in total. The van der Waals surface area contributed by atoms with Crippen molar-refractivity contribution in [1.29, 1.82) is 0 Å². The Balaban J connectivity index is 0.000000880. The van der Waals surface area contributed by atoms with Crippen molar-refractivity contribution in [3.8, 4) is 11.4 Å². The maximum Gasteiger partial charge on any atom is 0.350 e. The number of allylic oxidation sites excluding steroid dienone is 4. The Bertz CT molecular complexity index is 2020. The third kappa shape index (κ3) is 12.2. The topological polar surface area (TPSA) is 95.5 Å². The Morgan fingerprint density at radius 3 is 2.07 bits per heavy atom. The van der Waals surface area contributed by atoms with E-state index in [1.807, 2.05) is 38.1 Å². The van der Waals surface area contributed by atoms with Crippen molar-refractivity contribution < 1.29 is 18.3 Å². The van der Waals surface area contributed by atoms with Gasteiger partial charge in [0.05, 0.1) is 18.3 Å². The molecule has 7 rings (SSSR count). The van der Waals surface area contributed by atoms with Gasteiger partial charge in [0, 0.05) is 56.1 Å². The number of rotatable bonds is 13. The minimum absolute atomic E-state index is 0.0891. The lowest BCUT2D eigenvalue weighted by Gasteiger charge is -2.37. The average Bonchev–Trinajstić information content (AvgIpc) is 3.98. The van der Waals surface area contributed by atoms with Crippen molar-refractivity contribution in [2.24, 2.45) is 5.41 Å². The van der Waals surface area contributed by atoms with Gasteiger partial charge in [0.2, 0.25) is 0 Å². The minimum Gasteiger partial charge on any atom is -0.491 e. The molecule has 2 atom stereocenters. The number of aryl methyl sites for hydroxylation is 1. The lowest BCUT2D eigenvalue weighted by Crippen LogP contribution is -2.46. The zero-order valence-corrected chi connectivity index (χ0v) is 36.1. The van der Waals surface area contributed by atoms with Crippen LogP contribution in [0.25, 0.3) is 5.69 Å². The maximum absolute atomic E-state index is 15.2. The normalized spacial score (nSPS) is 19.4. The second kappa shape index (κ2) is 21.3. The summed E-state index contributed by atoms with van der Waals surface area (Å²) < 4.78 is 46.7. The highest BCUT2D eigenvalue weighted by Crippen LogP contribution is 2.42. The summed E-state index contributed by atoms with van der Waals surface area (Å²) in [5, 5.41) is 8.54. The molecule has 4 aromatic rings. The van der Waals surface area contributed by atoms with Crippen LogP contribution in [0.3, 0.4) is 0 Å². The number of unbranched alkanes of at least 4 members (excludes halogenated alkanes) is 2. The summed E-state index contributed by atoms with van der Waals surface area (Å²) in [6.07, 6.45) is 14.4. The molecule has 4 heterocycles. The number of halogens is 2. The molecule has 2 fully saturated rings. The van der Waals surface area contributed by atoms with Crippen LogP contribution in [-0.4, -0.2) is 73.6 Å². The van der Waals surface area contributed by atoms with Gasteiger partial charge < -0.3 is 19.3 Å². The number of hydrogen-bond acceptors (Lipinski definition) is 8. The molecule has 3 aliphatic rings. The van der Waals surface area contributed by atoms with E-state index >= 15 is 4.39 Å². The van der Waals surface area contributed by atoms with Crippen molar-refractivity contribution in [2.75, 3.05) is 42.6 Å². The fraction of sp³-hybridized carbons (Fsp3) is 0.522. The minimum atomic E-state index is -1.02. The van der Waals surface area contributed by atoms with Crippen LogP contribution in [0.1, 0.15) is 93.4 Å². The van der Waals surface area contributed by atoms with E-state index in [2.05, 4.69) is 83.9 Å². The maximum atomic E-state index is 15.2. The third-order valence-corrected chi connectivity index (χ3v) is 10.7. The molecule has 0 radical (unpaired) electrons. The third-order valence-electron chi connectivity index (χ3n) is 10.7. The van der Waals surface area contributed by atoms with Crippen LogP contribution in [0.15, 0.2) is 108 Å². The molecule has 2 aromatic heterocycles. The van der Waals surface area contributed by atoms with Gasteiger partial charge >= 0.3 is 5.69 Å². The van der Waals surface area contributed by atoms with E-state index in [4.69, 9.17) is 9.47 Å². The fourth-order valence-corrected chi connectivity index (χ4v) is 7.36. The molecule has 13 heteroatoms. The summed E-state index contributed by atoms with van der Waals surface area (Å²) in [6, 6.07) is 16.2. The molecule has 0 bridgehead atoms. The van der Waals surface area contributed by atoms with Crippen molar-refractivity contribution in [2.45, 2.75) is 118 Å². The van der Waals surface area contributed by atoms with Gasteiger partial charge in [0.15, 0.2) is 0 Å². The van der Waals surface area contributed by atoms with Crippen LogP contribution >= 0.6 is 0 Å². The molecule has 0 amide bonds. The Morgan fingerprint density at radius 1 is 0.864 bits per heavy atom. The molecular weight excluding hydrogens is 751 g/mol. The van der Waals surface area contributed by atoms with E-state index in [0.29, 0.717) is 31.6 Å². The quantitative estimate of drug-likeness (QED) is 0.132. The SMILES string of the molecule is CC.CC(C)(C)CCn1ncn(-c2ccc(N3CCN(c4ccc(OC[C@H]5CCC(Cn6cncn6)(C6=CC=C(F)CC=C6F)O5)cc4)CC3)cc2)c1=O.CCCCC. The smallest absolute Gasteiger partial charge is 0.350 e. The van der Waals surface area contributed by atoms with Gasteiger partial charge in [-0.3, -0.25) is 0 Å². The van der Waals surface area contributed by atoms with E-state index in [1.54, 1.807) is 21.9 Å². The molecule has 2 aromatic carbocycles. The van der Waals surface area contributed by atoms with Gasteiger partial charge in [-0.05, 0) is 85.4 Å². The summed E-state index contributed by atoms with van der Waals surface area (Å²) in [5.41, 5.74) is 2.35. The lowest BCUT2D eigenvalue weighted by molar-refractivity contribution is -0.0437. The average molecular weight is 815 g/mol. The lowest BCUT2D eigenvalue weighted by atomic mass is 9.88. The monoisotopic (exact) mass is 815 g/mol. The van der Waals surface area contributed by atoms with E-state index in [1.165, 1.54) is 48.5 Å². The summed E-state index contributed by atoms with van der Waals surface area (Å²) in [4.78, 5) is 21.7. The van der Waals surface area contributed by atoms with E-state index in [0.717, 1.165) is 55.4 Å². The predicted octanol–water partition coefficient (Wildman–Crippen LogP) is 9.64. The molecule has 0 spiro atoms. The number of piperazine rings is 1. The van der Waals surface area contributed by atoms with E-state index < -0.39 is 17.3 Å². The zero-order valence-electron chi connectivity index (χ0n) is 36.1. The van der Waals surface area contributed by atoms with Crippen LogP contribution < -0.4 is 20.2 Å². The highest BCUT2D eigenvalue weighted by atomic mass is 19.1. The highest BCUT2D eigenvalue weighted by molar-refractivity contribution is 5.55. The molecule has 0 saturated carbocycles. The second-order valence-electron chi connectivity index (χ2n) is 16.3. The standard InChI is InChI=1S/C39H46F2N8O3.C5H12.C2H6/c1-38(2,3)18-19-49-37(50)48(28-44-49)32-8-6-30(7-9-32)45-20-22-46(23-21-45)31-10-12-33(13-11-31)51-24-34-16-17-39(52-34,25-47-27-42-26-43-47)35-14-4-29(40)5-15-36(35)41;1-3-5-4-2;1-2/h4,6-15,26-28,34H,5,16-25H2,1-3H3;3-5H2,1-2H3;1-2H3/t34-,39?;;/m1../s1. The number of anilines is 2. The van der Waals surface area contributed by atoms with Gasteiger partial charge in [-0.2, -0.15) is 10.2 Å². The fourth-order valence-electron chi connectivity index (χ4n) is 7.36. The second-order valence-corrected chi connectivity index (χ2v) is 16.3. The van der Waals surface area contributed by atoms with Gasteiger partial charge in [0.1, 0.15) is 48.6 Å². The van der Waals surface area contributed by atoms with Crippen LogP contribution in [0.5, 0.6) is 5.75 Å². The molecule has 2 saturated heterocycles. The summed E-state index contributed by atoms with van der Waals surface area (Å²) >= 11 is 0. The molecule has 2 aliphatic heterocycles. The predicted molar refractivity (Wildman–Crippen MR) is 233 cm³/mol. The molecule has 1 aliphatic carbocycles. The van der Waals surface area contributed by atoms with Gasteiger partial charge in [-0.1, -0.05) is 73.8 Å². The van der Waals surface area contributed by atoms with Crippen LogP contribution in [-0.2, 0) is 17.8 Å². The number of ether oxygens (including phenoxy) is 2. The van der Waals surface area contributed by atoms with Crippen LogP contribution in [0, 0.1) is 5.41 Å². The van der Waals surface area contributed by atoms with Crippen molar-refractivity contribution in [3.63, 3.8) is 0 Å². The van der Waals surface area contributed by atoms with Crippen molar-refractivity contribution in [3.05, 3.63) is 113 Å². The first kappa shape index (κ1) is 45.1. The van der Waals surface area contributed by atoms with Crippen LogP contribution in [0.2, 0.25) is 0 Å². The number of hydrogen-bond donors (Lipinski definition) is 0. The highest BCUT2D eigenvalue weighted by Gasteiger charge is 2.46. The Hall–Kier alpha value is -5.04. The van der Waals surface area contributed by atoms with E-state index in [-0.39, 0.29) is 30.2 Å². The van der Waals surface area contributed by atoms with Gasteiger partial charge in [0.25, 0.3) is 0 Å². The number of aromatic nitrogens is 6. The largest absolute Gasteiger partial charge is 0.491 e. The molecular formula is C46H64F2N8O3. The molecule has 0 N–H and O–H groups in total. The van der Waals surface area contributed by atoms with Gasteiger partial charge in [-0.25, -0.2) is 32.5 Å². The summed E-state index contributed by atoms with van der Waals surface area (Å²) in [6.45, 7) is 19.5. The van der Waals surface area contributed by atoms with E-state index in [9.17, 15) is 9.18 Å². The first-order chi connectivity index (χ1) is 28.5. The molecule has 1 unspecified atom stereocenters. The van der Waals surface area contributed by atoms with Gasteiger partial charge in [-0.15, -0.1) is 0 Å². The van der Waals surface area contributed by atoms with Crippen molar-refractivity contribution >= 4 is 11.4 Å². The zero-order chi connectivity index (χ0) is 42.4. The number of benzene rings is 2. The first-order valence-corrected chi connectivity index (χ1v) is 21.4. The number of nitrogens with zero attached hydrogens (tertiary/aromatic N) is 8. The van der Waals surface area contributed by atoms with Crippen LogP contribution in [0.4, 0.5) is 20.2 Å².